The molecule has 1 aromatic rings. The number of imide groups is 1. The molecule has 0 aromatic heterocycles. The fraction of sp³-hybridized carbons (Fsp3) is 0.308. The molecule has 0 unspecified atom stereocenters. The van der Waals surface area contributed by atoms with Gasteiger partial charge in [-0.1, -0.05) is 17.7 Å². The van der Waals surface area contributed by atoms with Crippen LogP contribution in [-0.2, 0) is 14.3 Å². The molecule has 7 nitrogen and oxygen atoms in total. The van der Waals surface area contributed by atoms with Gasteiger partial charge in [-0.2, -0.15) is 0 Å². The van der Waals surface area contributed by atoms with Crippen molar-refractivity contribution in [3.63, 3.8) is 0 Å². The number of carboxylic acid groups (broad SMARTS) is 1. The number of carbonyl (C=O) groups excluding carboxylic acids is 2. The van der Waals surface area contributed by atoms with Gasteiger partial charge in [0, 0.05) is 12.7 Å². The largest absolute Gasteiger partial charge is 0.480 e. The van der Waals surface area contributed by atoms with E-state index in [-0.39, 0.29) is 0 Å². The summed E-state index contributed by atoms with van der Waals surface area (Å²) in [6.07, 6.45) is 0. The Morgan fingerprint density at radius 3 is 2.35 bits per heavy atom. The van der Waals surface area contributed by atoms with Crippen molar-refractivity contribution >= 4 is 23.6 Å². The number of hydrogen-bond donors (Lipinski definition) is 2. The highest BCUT2D eigenvalue weighted by Gasteiger charge is 2.14. The predicted octanol–water partition coefficient (Wildman–Crippen LogP) is 0.769. The molecule has 0 aliphatic carbocycles. The molecule has 1 aromatic carbocycles. The van der Waals surface area contributed by atoms with Gasteiger partial charge < -0.3 is 9.84 Å². The van der Waals surface area contributed by atoms with E-state index in [1.807, 2.05) is 19.1 Å². The van der Waals surface area contributed by atoms with Crippen LogP contribution < -0.4 is 10.2 Å². The maximum atomic E-state index is 11.8. The van der Waals surface area contributed by atoms with Crippen molar-refractivity contribution in [2.75, 3.05) is 25.2 Å². The van der Waals surface area contributed by atoms with Crippen LogP contribution in [0, 0.1) is 6.92 Å². The molecule has 3 amide bonds. The molecule has 0 fully saturated rings. The van der Waals surface area contributed by atoms with Gasteiger partial charge in [-0.05, 0) is 19.1 Å². The van der Waals surface area contributed by atoms with E-state index in [9.17, 15) is 14.4 Å². The predicted molar refractivity (Wildman–Crippen MR) is 71.6 cm³/mol. The zero-order chi connectivity index (χ0) is 15.1. The summed E-state index contributed by atoms with van der Waals surface area (Å²) in [5.41, 5.74) is 1.69. The zero-order valence-electron chi connectivity index (χ0n) is 11.3. The van der Waals surface area contributed by atoms with E-state index in [0.717, 1.165) is 5.56 Å². The first-order valence-electron chi connectivity index (χ1n) is 5.84. The molecule has 0 saturated heterocycles. The topological polar surface area (TPSA) is 95.9 Å². The molecule has 0 spiro atoms. The number of carbonyl (C=O) groups is 3. The first-order valence-corrected chi connectivity index (χ1v) is 5.84. The van der Waals surface area contributed by atoms with Crippen molar-refractivity contribution in [3.05, 3.63) is 29.8 Å². The number of aliphatic carboxylic acids is 1. The van der Waals surface area contributed by atoms with Crippen LogP contribution >= 0.6 is 0 Å². The minimum Gasteiger partial charge on any atom is -0.480 e. The summed E-state index contributed by atoms with van der Waals surface area (Å²) in [5, 5.41) is 10.4. The molecule has 0 aliphatic rings. The molecule has 2 N–H and O–H groups in total. The second-order valence-electron chi connectivity index (χ2n) is 4.13. The third-order valence-electron chi connectivity index (χ3n) is 2.43. The van der Waals surface area contributed by atoms with Gasteiger partial charge in [0.25, 0.3) is 5.91 Å². The molecule has 108 valence electrons. The first-order chi connectivity index (χ1) is 9.40. The standard InChI is InChI=1S/C13H16N2O5/c1-9-3-5-10(6-4-9)15(2)13(19)14-11(16)7-20-8-12(17)18/h3-6H,7-8H2,1-2H3,(H,17,18)(H,14,16,19). The van der Waals surface area contributed by atoms with Crippen LogP contribution in [-0.4, -0.2) is 43.3 Å². The Morgan fingerprint density at radius 2 is 1.80 bits per heavy atom. The molecule has 0 atom stereocenters. The van der Waals surface area contributed by atoms with Crippen molar-refractivity contribution in [1.82, 2.24) is 5.32 Å². The van der Waals surface area contributed by atoms with Crippen molar-refractivity contribution in [2.45, 2.75) is 6.92 Å². The maximum Gasteiger partial charge on any atom is 0.329 e. The quantitative estimate of drug-likeness (QED) is 0.830. The Balaban J connectivity index is 2.47. The molecule has 20 heavy (non-hydrogen) atoms. The molecule has 0 saturated carbocycles. The SMILES string of the molecule is Cc1ccc(N(C)C(=O)NC(=O)COCC(=O)O)cc1. The van der Waals surface area contributed by atoms with Crippen LogP contribution in [0.4, 0.5) is 10.5 Å². The molecule has 0 heterocycles. The zero-order valence-corrected chi connectivity index (χ0v) is 11.3. The Labute approximate surface area is 116 Å². The minimum absolute atomic E-state index is 0.486. The fourth-order valence-corrected chi connectivity index (χ4v) is 1.36. The van der Waals surface area contributed by atoms with Gasteiger partial charge >= 0.3 is 12.0 Å². The second-order valence-corrected chi connectivity index (χ2v) is 4.13. The number of anilines is 1. The number of nitrogens with zero attached hydrogens (tertiary/aromatic N) is 1. The number of carboxylic acids is 1. The molecule has 0 bridgehead atoms. The summed E-state index contributed by atoms with van der Waals surface area (Å²) in [5.74, 6) is -1.88. The average molecular weight is 280 g/mol. The third-order valence-corrected chi connectivity index (χ3v) is 2.43. The highest BCUT2D eigenvalue weighted by atomic mass is 16.5. The number of rotatable bonds is 5. The molecule has 0 radical (unpaired) electrons. The monoisotopic (exact) mass is 280 g/mol. The highest BCUT2D eigenvalue weighted by molar-refractivity contribution is 6.02. The lowest BCUT2D eigenvalue weighted by atomic mass is 10.2. The van der Waals surface area contributed by atoms with E-state index in [2.05, 4.69) is 10.1 Å². The summed E-state index contributed by atoms with van der Waals surface area (Å²) < 4.78 is 4.58. The summed E-state index contributed by atoms with van der Waals surface area (Å²) in [6.45, 7) is 0.850. The van der Waals surface area contributed by atoms with E-state index in [1.54, 1.807) is 12.1 Å². The Kier molecular flexibility index (Phi) is 5.67. The molecule has 1 rings (SSSR count). The van der Waals surface area contributed by atoms with Crippen molar-refractivity contribution in [3.8, 4) is 0 Å². The number of urea groups is 1. The van der Waals surface area contributed by atoms with Crippen LogP contribution in [0.5, 0.6) is 0 Å². The Hall–Kier alpha value is -2.41. The van der Waals surface area contributed by atoms with Crippen LogP contribution in [0.3, 0.4) is 0 Å². The van der Waals surface area contributed by atoms with Gasteiger partial charge in [0.15, 0.2) is 0 Å². The molecular weight excluding hydrogens is 264 g/mol. The van der Waals surface area contributed by atoms with Gasteiger partial charge in [-0.25, -0.2) is 9.59 Å². The average Bonchev–Trinajstić information content (AvgIpc) is 2.38. The lowest BCUT2D eigenvalue weighted by Crippen LogP contribution is -2.42. The number of nitrogens with one attached hydrogen (secondary N) is 1. The van der Waals surface area contributed by atoms with Gasteiger partial charge in [0.05, 0.1) is 0 Å². The Bertz CT molecular complexity index is 498. The normalized spacial score (nSPS) is 9.90. The van der Waals surface area contributed by atoms with E-state index in [1.165, 1.54) is 11.9 Å². The summed E-state index contributed by atoms with van der Waals surface area (Å²) in [4.78, 5) is 34.6. The van der Waals surface area contributed by atoms with Crippen molar-refractivity contribution < 1.29 is 24.2 Å². The van der Waals surface area contributed by atoms with E-state index in [0.29, 0.717) is 5.69 Å². The van der Waals surface area contributed by atoms with Crippen LogP contribution in [0.2, 0.25) is 0 Å². The number of aryl methyl sites for hydroxylation is 1. The van der Waals surface area contributed by atoms with Gasteiger partial charge in [0.1, 0.15) is 13.2 Å². The molecular formula is C13H16N2O5. The second kappa shape index (κ2) is 7.25. The number of ether oxygens (including phenoxy) is 1. The van der Waals surface area contributed by atoms with E-state index < -0.39 is 31.1 Å². The number of amides is 3. The van der Waals surface area contributed by atoms with Gasteiger partial charge in [-0.3, -0.25) is 15.0 Å². The lowest BCUT2D eigenvalue weighted by Gasteiger charge is -2.17. The number of hydrogen-bond acceptors (Lipinski definition) is 4. The van der Waals surface area contributed by atoms with Crippen LogP contribution in [0.15, 0.2) is 24.3 Å². The molecule has 7 heteroatoms. The fourth-order valence-electron chi connectivity index (χ4n) is 1.36. The smallest absolute Gasteiger partial charge is 0.329 e. The summed E-state index contributed by atoms with van der Waals surface area (Å²) in [6, 6.07) is 6.58. The van der Waals surface area contributed by atoms with Crippen molar-refractivity contribution in [1.29, 1.82) is 0 Å². The van der Waals surface area contributed by atoms with Crippen LogP contribution in [0.1, 0.15) is 5.56 Å². The Morgan fingerprint density at radius 1 is 1.20 bits per heavy atom. The third kappa shape index (κ3) is 5.07. The minimum atomic E-state index is -1.18. The summed E-state index contributed by atoms with van der Waals surface area (Å²) in [7, 11) is 1.52. The highest BCUT2D eigenvalue weighted by Crippen LogP contribution is 2.13. The summed E-state index contributed by atoms with van der Waals surface area (Å²) >= 11 is 0. The van der Waals surface area contributed by atoms with Crippen molar-refractivity contribution in [2.24, 2.45) is 0 Å². The van der Waals surface area contributed by atoms with Gasteiger partial charge in [0.2, 0.25) is 0 Å². The van der Waals surface area contributed by atoms with Crippen LogP contribution in [0.25, 0.3) is 0 Å². The maximum absolute atomic E-state index is 11.8. The van der Waals surface area contributed by atoms with Gasteiger partial charge in [-0.15, -0.1) is 0 Å². The van der Waals surface area contributed by atoms with E-state index >= 15 is 0 Å². The lowest BCUT2D eigenvalue weighted by molar-refractivity contribution is -0.143. The van der Waals surface area contributed by atoms with E-state index in [4.69, 9.17) is 5.11 Å². The first kappa shape index (κ1) is 15.6. The number of benzene rings is 1. The molecule has 0 aliphatic heterocycles.